The fourth-order valence-electron chi connectivity index (χ4n) is 2.68. The molecule has 2 N–H and O–H groups in total. The van der Waals surface area contributed by atoms with Crippen molar-refractivity contribution in [1.82, 2.24) is 18.4 Å². The van der Waals surface area contributed by atoms with Gasteiger partial charge in [0.15, 0.2) is 0 Å². The molecule has 0 fully saturated rings. The summed E-state index contributed by atoms with van der Waals surface area (Å²) < 4.78 is 66.7. The van der Waals surface area contributed by atoms with Crippen LogP contribution in [-0.4, -0.2) is 51.6 Å². The van der Waals surface area contributed by atoms with Crippen molar-refractivity contribution in [3.05, 3.63) is 64.8 Å². The van der Waals surface area contributed by atoms with Gasteiger partial charge in [0.05, 0.1) is 18.4 Å². The molecule has 1 aromatic carbocycles. The summed E-state index contributed by atoms with van der Waals surface area (Å²) >= 11 is -0.286. The third-order valence-electron chi connectivity index (χ3n) is 4.16. The van der Waals surface area contributed by atoms with Gasteiger partial charge >= 0.3 is 21.4 Å². The Bertz CT molecular complexity index is 1270. The second-order valence-corrected chi connectivity index (χ2v) is 9.74. The molecule has 3 rings (SSSR count). The Kier molecular flexibility index (Phi) is 6.57. The number of hydrogen-bond donors (Lipinski definition) is 2. The van der Waals surface area contributed by atoms with E-state index in [2.05, 4.69) is 9.71 Å². The summed E-state index contributed by atoms with van der Waals surface area (Å²) in [5, 5.41) is 10.2. The molecule has 2 aromatic heterocycles. The van der Waals surface area contributed by atoms with E-state index in [1.807, 2.05) is 0 Å². The van der Waals surface area contributed by atoms with Gasteiger partial charge in [-0.3, -0.25) is 9.29 Å². The van der Waals surface area contributed by atoms with E-state index in [0.717, 1.165) is 8.87 Å². The van der Waals surface area contributed by atoms with Crippen molar-refractivity contribution in [1.29, 1.82) is 0 Å². The summed E-state index contributed by atoms with van der Waals surface area (Å²) in [5.74, 6) is -0.362. The Morgan fingerprint density at radius 1 is 1.19 bits per heavy atom. The van der Waals surface area contributed by atoms with Crippen LogP contribution < -0.4 is 10.4 Å². The molecule has 172 valence electrons. The smallest absolute Gasteiger partial charge is 0.446 e. The average molecular weight is 490 g/mol. The van der Waals surface area contributed by atoms with E-state index in [4.69, 9.17) is 0 Å². The molecule has 0 radical (unpaired) electrons. The number of thioether (sulfide) groups is 1. The topological polar surface area (TPSA) is 109 Å². The van der Waals surface area contributed by atoms with E-state index in [0.29, 0.717) is 5.56 Å². The average Bonchev–Trinajstić information content (AvgIpc) is 2.94. The minimum Gasteiger partial charge on any atom is -0.493 e. The summed E-state index contributed by atoms with van der Waals surface area (Å²) in [4.78, 5) is 16.6. The predicted octanol–water partition coefficient (Wildman–Crippen LogP) is 2.62. The van der Waals surface area contributed by atoms with Crippen LogP contribution in [0.25, 0.3) is 5.69 Å². The van der Waals surface area contributed by atoms with Crippen molar-refractivity contribution >= 4 is 27.8 Å². The number of halogens is 3. The van der Waals surface area contributed by atoms with Crippen molar-refractivity contribution in [2.45, 2.75) is 16.9 Å². The van der Waals surface area contributed by atoms with E-state index in [1.165, 1.54) is 61.4 Å². The molecule has 14 heteroatoms. The number of aromatic hydroxyl groups is 1. The van der Waals surface area contributed by atoms with Crippen LogP contribution in [0.15, 0.2) is 58.5 Å². The highest BCUT2D eigenvalue weighted by Crippen LogP contribution is 2.37. The predicted molar refractivity (Wildman–Crippen MR) is 113 cm³/mol. The number of benzene rings is 1. The highest BCUT2D eigenvalue weighted by Gasteiger charge is 2.29. The zero-order valence-electron chi connectivity index (χ0n) is 16.7. The van der Waals surface area contributed by atoms with Gasteiger partial charge in [-0.1, -0.05) is 0 Å². The van der Waals surface area contributed by atoms with E-state index in [1.54, 1.807) is 6.07 Å². The SMILES string of the molecule is CN(C)S(=O)(=O)Nc1cc(Cn2cc(O)n(-c3ccc(SC(F)(F)F)cc3)c2=O)ccn1. The molecule has 32 heavy (non-hydrogen) atoms. The van der Waals surface area contributed by atoms with Crippen LogP contribution in [0.5, 0.6) is 5.88 Å². The van der Waals surface area contributed by atoms with Crippen molar-refractivity contribution in [2.75, 3.05) is 18.8 Å². The molecule has 2 heterocycles. The number of nitrogens with zero attached hydrogens (tertiary/aromatic N) is 4. The Labute approximate surface area is 185 Å². The Morgan fingerprint density at radius 3 is 2.44 bits per heavy atom. The van der Waals surface area contributed by atoms with Crippen molar-refractivity contribution < 1.29 is 26.7 Å². The first-order chi connectivity index (χ1) is 14.9. The molecule has 3 aromatic rings. The van der Waals surface area contributed by atoms with E-state index in [9.17, 15) is 31.5 Å². The van der Waals surface area contributed by atoms with Gasteiger partial charge in [-0.25, -0.2) is 14.3 Å². The van der Waals surface area contributed by atoms with Crippen LogP contribution in [0.4, 0.5) is 19.0 Å². The van der Waals surface area contributed by atoms with E-state index < -0.39 is 27.3 Å². The lowest BCUT2D eigenvalue weighted by Gasteiger charge is -2.13. The van der Waals surface area contributed by atoms with E-state index >= 15 is 0 Å². The maximum atomic E-state index is 12.8. The zero-order chi connectivity index (χ0) is 23.7. The Hall–Kier alpha value is -2.97. The van der Waals surface area contributed by atoms with Crippen molar-refractivity contribution in [2.24, 2.45) is 0 Å². The van der Waals surface area contributed by atoms with Gasteiger partial charge in [0, 0.05) is 25.2 Å². The van der Waals surface area contributed by atoms with Crippen molar-refractivity contribution in [3.8, 4) is 11.6 Å². The molecule has 0 atom stereocenters. The highest BCUT2D eigenvalue weighted by atomic mass is 32.2. The van der Waals surface area contributed by atoms with E-state index in [-0.39, 0.29) is 34.7 Å². The maximum absolute atomic E-state index is 12.8. The lowest BCUT2D eigenvalue weighted by atomic mass is 10.2. The molecule has 0 saturated carbocycles. The molecule has 0 bridgehead atoms. The monoisotopic (exact) mass is 489 g/mol. The number of nitrogens with one attached hydrogen (secondary N) is 1. The number of alkyl halides is 3. The largest absolute Gasteiger partial charge is 0.493 e. The van der Waals surface area contributed by atoms with Crippen molar-refractivity contribution in [3.63, 3.8) is 0 Å². The second-order valence-electron chi connectivity index (χ2n) is 6.71. The third kappa shape index (κ3) is 5.63. The molecule has 0 amide bonds. The quantitative estimate of drug-likeness (QED) is 0.494. The highest BCUT2D eigenvalue weighted by molar-refractivity contribution is 8.00. The molecule has 9 nitrogen and oxygen atoms in total. The van der Waals surface area contributed by atoms with Gasteiger partial charge in [-0.05, 0) is 53.7 Å². The first-order valence-corrected chi connectivity index (χ1v) is 11.1. The summed E-state index contributed by atoms with van der Waals surface area (Å²) in [6.07, 6.45) is 2.53. The summed E-state index contributed by atoms with van der Waals surface area (Å²) in [6, 6.07) is 7.98. The molecule has 0 unspecified atom stereocenters. The molecule has 0 aliphatic carbocycles. The number of rotatable bonds is 7. The van der Waals surface area contributed by atoms with Gasteiger partial charge in [0.1, 0.15) is 5.82 Å². The van der Waals surface area contributed by atoms with Crippen LogP contribution in [0.3, 0.4) is 0 Å². The first-order valence-electron chi connectivity index (χ1n) is 8.88. The van der Waals surface area contributed by atoms with Gasteiger partial charge < -0.3 is 5.11 Å². The Morgan fingerprint density at radius 2 is 1.84 bits per heavy atom. The van der Waals surface area contributed by atoms with Gasteiger partial charge in [-0.2, -0.15) is 25.9 Å². The number of hydrogen-bond acceptors (Lipinski definition) is 6. The van der Waals surface area contributed by atoms with Gasteiger partial charge in [0.2, 0.25) is 5.88 Å². The molecular formula is C18H18F3N5O4S2. The molecule has 0 aliphatic rings. The normalized spacial score (nSPS) is 12.3. The van der Waals surface area contributed by atoms with Crippen LogP contribution in [0.2, 0.25) is 0 Å². The molecule has 0 saturated heterocycles. The molecule has 0 aliphatic heterocycles. The van der Waals surface area contributed by atoms with Crippen LogP contribution in [-0.2, 0) is 16.8 Å². The second kappa shape index (κ2) is 8.88. The summed E-state index contributed by atoms with van der Waals surface area (Å²) in [7, 11) is -1.06. The van der Waals surface area contributed by atoms with Crippen LogP contribution in [0.1, 0.15) is 5.56 Å². The lowest BCUT2D eigenvalue weighted by molar-refractivity contribution is -0.0328. The van der Waals surface area contributed by atoms with Gasteiger partial charge in [0.25, 0.3) is 0 Å². The molecular weight excluding hydrogens is 471 g/mol. The number of imidazole rings is 1. The van der Waals surface area contributed by atoms with Crippen LogP contribution >= 0.6 is 11.8 Å². The number of anilines is 1. The number of pyridine rings is 1. The minimum absolute atomic E-state index is 0.0133. The van der Waals surface area contributed by atoms with Gasteiger partial charge in [-0.15, -0.1) is 0 Å². The number of aromatic nitrogens is 3. The third-order valence-corrected chi connectivity index (χ3v) is 6.33. The molecule has 0 spiro atoms. The maximum Gasteiger partial charge on any atom is 0.446 e. The Balaban J connectivity index is 1.84. The van der Waals surface area contributed by atoms with Crippen LogP contribution in [0, 0.1) is 0 Å². The fourth-order valence-corrected chi connectivity index (χ4v) is 3.78. The minimum atomic E-state index is -4.44. The zero-order valence-corrected chi connectivity index (χ0v) is 18.4. The first kappa shape index (κ1) is 23.7. The summed E-state index contributed by atoms with van der Waals surface area (Å²) in [5.41, 5.74) is -4.36. The summed E-state index contributed by atoms with van der Waals surface area (Å²) in [6.45, 7) is -0.0133. The standard InChI is InChI=1S/C18H18F3N5O4S2/c1-24(2)32(29,30)23-15-9-12(7-8-22-15)10-25-11-16(27)26(17(25)28)13-3-5-14(6-4-13)31-18(19,20)21/h3-9,11,27H,10H2,1-2H3,(H,22,23). The fraction of sp³-hybridized carbons (Fsp3) is 0.222. The lowest BCUT2D eigenvalue weighted by Crippen LogP contribution is -2.29.